The summed E-state index contributed by atoms with van der Waals surface area (Å²) in [6.07, 6.45) is 11.9. The van der Waals surface area contributed by atoms with E-state index in [0.717, 1.165) is 51.3 Å². The number of nitrogens with zero attached hydrogens (tertiary/aromatic N) is 3. The number of nitrogens with one attached hydrogen (secondary N) is 2. The molecule has 35 heavy (non-hydrogen) atoms. The summed E-state index contributed by atoms with van der Waals surface area (Å²) in [6.45, 7) is 6.10. The van der Waals surface area contributed by atoms with Crippen LogP contribution in [-0.4, -0.2) is 41.1 Å². The third-order valence-electron chi connectivity index (χ3n) is 6.55. The van der Waals surface area contributed by atoms with Gasteiger partial charge in [0.05, 0.1) is 11.3 Å². The number of benzene rings is 2. The van der Waals surface area contributed by atoms with Crippen molar-refractivity contribution < 1.29 is 4.74 Å². The molecule has 1 aliphatic heterocycles. The summed E-state index contributed by atoms with van der Waals surface area (Å²) in [5.41, 5.74) is 6.29. The highest BCUT2D eigenvalue weighted by molar-refractivity contribution is 5.90. The van der Waals surface area contributed by atoms with Crippen LogP contribution >= 0.6 is 0 Å². The number of pyridine rings is 1. The first-order chi connectivity index (χ1) is 17.2. The molecule has 0 radical (unpaired) electrons. The van der Waals surface area contributed by atoms with E-state index in [1.54, 1.807) is 12.4 Å². The molecule has 4 aromatic rings. The normalized spacial score (nSPS) is 13.9. The quantitative estimate of drug-likeness (QED) is 0.329. The fourth-order valence-corrected chi connectivity index (χ4v) is 4.57. The second-order valence-corrected chi connectivity index (χ2v) is 8.87. The second kappa shape index (κ2) is 10.5. The van der Waals surface area contributed by atoms with Crippen molar-refractivity contribution in [3.05, 3.63) is 83.3 Å². The lowest BCUT2D eigenvalue weighted by molar-refractivity contribution is 0.238. The van der Waals surface area contributed by atoms with Crippen LogP contribution in [-0.2, 0) is 0 Å². The number of rotatable bonds is 8. The van der Waals surface area contributed by atoms with Gasteiger partial charge in [0.2, 0.25) is 0 Å². The third-order valence-corrected chi connectivity index (χ3v) is 6.55. The Hall–Kier alpha value is -4.08. The number of likely N-dealkylation sites (tertiary alicyclic amines) is 1. The Morgan fingerprint density at radius 3 is 2.89 bits per heavy atom. The first-order valence-electron chi connectivity index (χ1n) is 12.1. The Kier molecular flexibility index (Phi) is 6.78. The van der Waals surface area contributed by atoms with Gasteiger partial charge in [-0.15, -0.1) is 0 Å². The number of hydrogen-bond acceptors (Lipinski definition) is 5. The number of aryl methyl sites for hydroxylation is 1. The molecule has 0 bridgehead atoms. The number of ether oxygens (including phenoxy) is 1. The standard InChI is InChI=1S/C29H29N5O/c1-21-26-11-12-32-28(26)10-9-27(21)33-29-23(19-31-20-24(29)18-30)8-7-22-5-4-6-25(17-22)35-16-15-34-13-2-3-14-34/h4-12,17,19-20,32H,2-3,13-16H2,1H3,(H,31,33)/b8-7+. The molecule has 3 heterocycles. The zero-order valence-electron chi connectivity index (χ0n) is 19.9. The van der Waals surface area contributed by atoms with E-state index in [1.165, 1.54) is 25.9 Å². The molecular weight excluding hydrogens is 434 g/mol. The molecule has 0 aliphatic carbocycles. The second-order valence-electron chi connectivity index (χ2n) is 8.87. The van der Waals surface area contributed by atoms with Gasteiger partial charge in [-0.3, -0.25) is 9.88 Å². The van der Waals surface area contributed by atoms with Crippen LogP contribution in [0.5, 0.6) is 5.75 Å². The van der Waals surface area contributed by atoms with E-state index >= 15 is 0 Å². The largest absolute Gasteiger partial charge is 0.492 e. The van der Waals surface area contributed by atoms with E-state index in [2.05, 4.69) is 39.2 Å². The van der Waals surface area contributed by atoms with E-state index in [-0.39, 0.29) is 0 Å². The van der Waals surface area contributed by atoms with Crippen LogP contribution in [0.15, 0.2) is 61.1 Å². The number of aromatic nitrogens is 2. The van der Waals surface area contributed by atoms with Crippen LogP contribution < -0.4 is 10.1 Å². The maximum Gasteiger partial charge on any atom is 0.119 e. The Morgan fingerprint density at radius 1 is 1.14 bits per heavy atom. The fraction of sp³-hybridized carbons (Fsp3) is 0.241. The molecule has 0 atom stereocenters. The summed E-state index contributed by atoms with van der Waals surface area (Å²) in [7, 11) is 0. The number of anilines is 2. The van der Waals surface area contributed by atoms with Gasteiger partial charge in [-0.2, -0.15) is 5.26 Å². The number of H-pyrrole nitrogens is 1. The van der Waals surface area contributed by atoms with Crippen molar-refractivity contribution in [1.29, 1.82) is 5.26 Å². The summed E-state index contributed by atoms with van der Waals surface area (Å²) in [5, 5.41) is 14.4. The molecule has 176 valence electrons. The highest BCUT2D eigenvalue weighted by Crippen LogP contribution is 2.31. The summed E-state index contributed by atoms with van der Waals surface area (Å²) in [5.74, 6) is 0.865. The maximum atomic E-state index is 9.73. The molecule has 2 aromatic heterocycles. The smallest absolute Gasteiger partial charge is 0.119 e. The minimum Gasteiger partial charge on any atom is -0.492 e. The van der Waals surface area contributed by atoms with E-state index in [1.807, 2.05) is 54.7 Å². The Labute approximate surface area is 205 Å². The molecule has 6 heteroatoms. The third kappa shape index (κ3) is 5.21. The number of nitriles is 1. The highest BCUT2D eigenvalue weighted by atomic mass is 16.5. The minimum atomic E-state index is 0.500. The van der Waals surface area contributed by atoms with E-state index in [9.17, 15) is 5.26 Å². The molecule has 0 amide bonds. The van der Waals surface area contributed by atoms with Gasteiger partial charge in [-0.25, -0.2) is 0 Å². The molecular formula is C29H29N5O. The molecule has 1 fully saturated rings. The van der Waals surface area contributed by atoms with Crippen LogP contribution in [0.25, 0.3) is 23.1 Å². The van der Waals surface area contributed by atoms with E-state index in [4.69, 9.17) is 4.74 Å². The van der Waals surface area contributed by atoms with Gasteiger partial charge in [0.1, 0.15) is 18.4 Å². The SMILES string of the molecule is Cc1c(Nc2c(C#N)cncc2/C=C/c2cccc(OCCN3CCCC3)c2)ccc2[nH]ccc12. The summed E-state index contributed by atoms with van der Waals surface area (Å²) < 4.78 is 6.00. The van der Waals surface area contributed by atoms with Gasteiger partial charge in [0.15, 0.2) is 0 Å². The summed E-state index contributed by atoms with van der Waals surface area (Å²) in [6, 6.07) is 16.5. The lowest BCUT2D eigenvalue weighted by Gasteiger charge is -2.15. The molecule has 0 saturated carbocycles. The van der Waals surface area contributed by atoms with Gasteiger partial charge in [0, 0.05) is 47.3 Å². The molecule has 2 N–H and O–H groups in total. The monoisotopic (exact) mass is 463 g/mol. The van der Waals surface area contributed by atoms with Crippen molar-refractivity contribution in [3.63, 3.8) is 0 Å². The van der Waals surface area contributed by atoms with Crippen molar-refractivity contribution in [2.45, 2.75) is 19.8 Å². The van der Waals surface area contributed by atoms with Crippen molar-refractivity contribution in [3.8, 4) is 11.8 Å². The van der Waals surface area contributed by atoms with Crippen LogP contribution in [0.2, 0.25) is 0 Å². The van der Waals surface area contributed by atoms with Gasteiger partial charge >= 0.3 is 0 Å². The Morgan fingerprint density at radius 2 is 2.03 bits per heavy atom. The van der Waals surface area contributed by atoms with Crippen molar-refractivity contribution in [2.24, 2.45) is 0 Å². The predicted molar refractivity (Wildman–Crippen MR) is 142 cm³/mol. The van der Waals surface area contributed by atoms with E-state index < -0.39 is 0 Å². The first kappa shape index (κ1) is 22.7. The molecule has 1 aliphatic rings. The lowest BCUT2D eigenvalue weighted by atomic mass is 10.1. The minimum absolute atomic E-state index is 0.500. The van der Waals surface area contributed by atoms with Crippen LogP contribution in [0.3, 0.4) is 0 Å². The summed E-state index contributed by atoms with van der Waals surface area (Å²) in [4.78, 5) is 9.97. The Balaban J connectivity index is 1.35. The number of aromatic amines is 1. The fourth-order valence-electron chi connectivity index (χ4n) is 4.57. The highest BCUT2D eigenvalue weighted by Gasteiger charge is 2.12. The maximum absolute atomic E-state index is 9.73. The molecule has 2 aromatic carbocycles. The topological polar surface area (TPSA) is 77.0 Å². The van der Waals surface area contributed by atoms with Crippen LogP contribution in [0, 0.1) is 18.3 Å². The lowest BCUT2D eigenvalue weighted by Crippen LogP contribution is -2.25. The van der Waals surface area contributed by atoms with Crippen molar-refractivity contribution in [1.82, 2.24) is 14.9 Å². The zero-order valence-corrected chi connectivity index (χ0v) is 19.9. The Bertz CT molecular complexity index is 1390. The average molecular weight is 464 g/mol. The first-order valence-corrected chi connectivity index (χ1v) is 12.1. The molecule has 1 saturated heterocycles. The molecule has 6 nitrogen and oxygen atoms in total. The van der Waals surface area contributed by atoms with Crippen LogP contribution in [0.4, 0.5) is 11.4 Å². The molecule has 0 unspecified atom stereocenters. The molecule has 5 rings (SSSR count). The average Bonchev–Trinajstić information content (AvgIpc) is 3.58. The zero-order chi connectivity index (χ0) is 24.0. The van der Waals surface area contributed by atoms with Gasteiger partial charge in [-0.1, -0.05) is 24.3 Å². The van der Waals surface area contributed by atoms with Gasteiger partial charge in [0.25, 0.3) is 0 Å². The summed E-state index contributed by atoms with van der Waals surface area (Å²) >= 11 is 0. The molecule has 0 spiro atoms. The van der Waals surface area contributed by atoms with Crippen LogP contribution in [0.1, 0.15) is 35.1 Å². The number of hydrogen-bond donors (Lipinski definition) is 2. The van der Waals surface area contributed by atoms with Gasteiger partial charge in [-0.05, 0) is 74.3 Å². The van der Waals surface area contributed by atoms with Gasteiger partial charge < -0.3 is 15.0 Å². The number of fused-ring (bicyclic) bond motifs is 1. The van der Waals surface area contributed by atoms with Crippen molar-refractivity contribution >= 4 is 34.4 Å². The van der Waals surface area contributed by atoms with Crippen molar-refractivity contribution in [2.75, 3.05) is 31.6 Å². The predicted octanol–water partition coefficient (Wildman–Crippen LogP) is 6.13. The van der Waals surface area contributed by atoms with E-state index in [0.29, 0.717) is 12.2 Å².